The second kappa shape index (κ2) is 9.82. The van der Waals surface area contributed by atoms with Crippen molar-refractivity contribution in [3.8, 4) is 17.0 Å². The first kappa shape index (κ1) is 21.2. The van der Waals surface area contributed by atoms with Gasteiger partial charge < -0.3 is 14.8 Å². The summed E-state index contributed by atoms with van der Waals surface area (Å²) in [5.74, 6) is 1.72. The van der Waals surface area contributed by atoms with Crippen molar-refractivity contribution < 1.29 is 13.9 Å². The molecule has 1 N–H and O–H groups in total. The molecule has 156 valence electrons. The van der Waals surface area contributed by atoms with E-state index in [2.05, 4.69) is 33.3 Å². The number of pyridine rings is 1. The second-order valence-electron chi connectivity index (χ2n) is 6.66. The maximum Gasteiger partial charge on any atom is 0.145 e. The van der Waals surface area contributed by atoms with E-state index < -0.39 is 0 Å². The van der Waals surface area contributed by atoms with E-state index in [-0.39, 0.29) is 5.82 Å². The fourth-order valence-electron chi connectivity index (χ4n) is 3.08. The summed E-state index contributed by atoms with van der Waals surface area (Å²) in [5, 5.41) is 4.18. The lowest BCUT2D eigenvalue weighted by molar-refractivity contribution is 0.293. The van der Waals surface area contributed by atoms with E-state index in [1.165, 1.54) is 18.6 Å². The summed E-state index contributed by atoms with van der Waals surface area (Å²) < 4.78 is 24.1. The average Bonchev–Trinajstić information content (AvgIpc) is 2.77. The first-order valence-corrected chi connectivity index (χ1v) is 9.65. The van der Waals surface area contributed by atoms with Gasteiger partial charge in [0.2, 0.25) is 0 Å². The van der Waals surface area contributed by atoms with Crippen LogP contribution in [0.15, 0.2) is 60.3 Å². The number of hydrogen-bond donors (Lipinski definition) is 1. The minimum Gasteiger partial charge on any atom is -0.501 e. The van der Waals surface area contributed by atoms with Gasteiger partial charge in [0.25, 0.3) is 0 Å². The van der Waals surface area contributed by atoms with Crippen LogP contribution in [0.1, 0.15) is 20.3 Å². The molecule has 0 radical (unpaired) electrons. The zero-order chi connectivity index (χ0) is 21.5. The molecule has 0 atom stereocenters. The zero-order valence-electron chi connectivity index (χ0n) is 17.6. The number of benzene rings is 1. The molecule has 0 aliphatic rings. The molecule has 0 fully saturated rings. The van der Waals surface area contributed by atoms with Gasteiger partial charge in [0.15, 0.2) is 0 Å². The van der Waals surface area contributed by atoms with Crippen LogP contribution in [0.25, 0.3) is 22.2 Å². The topological polar surface area (TPSA) is 69.2 Å². The molecule has 30 heavy (non-hydrogen) atoms. The van der Waals surface area contributed by atoms with Crippen LogP contribution in [0, 0.1) is 5.82 Å². The van der Waals surface area contributed by atoms with Crippen LogP contribution in [0.4, 0.5) is 10.2 Å². The summed E-state index contributed by atoms with van der Waals surface area (Å²) in [6.45, 7) is 4.57. The van der Waals surface area contributed by atoms with Gasteiger partial charge >= 0.3 is 0 Å². The molecule has 1 aromatic carbocycles. The Bertz CT molecular complexity index is 1080. The van der Waals surface area contributed by atoms with Crippen LogP contribution >= 0.6 is 0 Å². The van der Waals surface area contributed by atoms with Crippen molar-refractivity contribution in [2.45, 2.75) is 20.3 Å². The van der Waals surface area contributed by atoms with Crippen molar-refractivity contribution in [3.05, 3.63) is 66.1 Å². The monoisotopic (exact) mass is 408 g/mol. The first-order chi connectivity index (χ1) is 14.5. The number of nitrogens with zero attached hydrogens (tertiary/aromatic N) is 3. The average molecular weight is 408 g/mol. The van der Waals surface area contributed by atoms with E-state index in [1.807, 2.05) is 25.1 Å². The normalized spacial score (nSPS) is 12.2. The largest absolute Gasteiger partial charge is 0.501 e. The van der Waals surface area contributed by atoms with Gasteiger partial charge in [-0.15, -0.1) is 0 Å². The summed E-state index contributed by atoms with van der Waals surface area (Å²) in [5.41, 5.74) is 3.20. The van der Waals surface area contributed by atoms with Crippen molar-refractivity contribution in [1.29, 1.82) is 0 Å². The highest BCUT2D eigenvalue weighted by molar-refractivity contribution is 5.96. The predicted molar refractivity (Wildman–Crippen MR) is 117 cm³/mol. The Balaban J connectivity index is 2.01. The molecule has 6 nitrogen and oxygen atoms in total. The fraction of sp³-hybridized carbons (Fsp3) is 0.261. The Kier molecular flexibility index (Phi) is 6.95. The number of halogens is 1. The van der Waals surface area contributed by atoms with Gasteiger partial charge in [-0.05, 0) is 49.3 Å². The standard InChI is InChI=1S/C23H25FN4O2/c1-5-6-16(9-15(2)29-3)12-26-23-19-10-17(20-8-7-18(24)13-25-20)11-21(30-4)22(19)27-14-28-23/h6-11,13-14H,5,12H2,1-4H3,(H,26,27,28)/b15-9-,16-6-. The lowest BCUT2D eigenvalue weighted by Crippen LogP contribution is -2.07. The molecule has 0 saturated heterocycles. The maximum absolute atomic E-state index is 13.3. The number of ether oxygens (including phenoxy) is 2. The molecule has 7 heteroatoms. The molecule has 3 rings (SSSR count). The first-order valence-electron chi connectivity index (χ1n) is 9.65. The highest BCUT2D eigenvalue weighted by atomic mass is 19.1. The Hall–Kier alpha value is -3.48. The van der Waals surface area contributed by atoms with Gasteiger partial charge in [0.1, 0.15) is 29.2 Å². The third kappa shape index (κ3) is 4.92. The van der Waals surface area contributed by atoms with Gasteiger partial charge in [-0.1, -0.05) is 13.0 Å². The Morgan fingerprint density at radius 3 is 2.67 bits per heavy atom. The van der Waals surface area contributed by atoms with Gasteiger partial charge in [-0.3, -0.25) is 4.98 Å². The van der Waals surface area contributed by atoms with E-state index in [0.717, 1.165) is 28.7 Å². The van der Waals surface area contributed by atoms with Crippen LogP contribution in [0.3, 0.4) is 0 Å². The van der Waals surface area contributed by atoms with Crippen LogP contribution in [-0.2, 0) is 4.74 Å². The zero-order valence-corrected chi connectivity index (χ0v) is 17.6. The molecule has 0 aliphatic heterocycles. The van der Waals surface area contributed by atoms with Crippen LogP contribution in [0.5, 0.6) is 5.75 Å². The third-order valence-corrected chi connectivity index (χ3v) is 4.58. The van der Waals surface area contributed by atoms with Crippen LogP contribution in [-0.4, -0.2) is 35.7 Å². The number of aromatic nitrogens is 3. The molecule has 0 bridgehead atoms. The Morgan fingerprint density at radius 1 is 1.17 bits per heavy atom. The van der Waals surface area contributed by atoms with Gasteiger partial charge in [-0.25, -0.2) is 14.4 Å². The summed E-state index contributed by atoms with van der Waals surface area (Å²) in [6.07, 6.45) is 7.73. The number of allylic oxidation sites excluding steroid dienone is 2. The van der Waals surface area contributed by atoms with Crippen LogP contribution in [0.2, 0.25) is 0 Å². The molecule has 0 saturated carbocycles. The second-order valence-corrected chi connectivity index (χ2v) is 6.66. The van der Waals surface area contributed by atoms with Gasteiger partial charge in [0, 0.05) is 17.5 Å². The van der Waals surface area contributed by atoms with E-state index in [1.54, 1.807) is 20.3 Å². The summed E-state index contributed by atoms with van der Waals surface area (Å²) in [7, 11) is 3.24. The Morgan fingerprint density at radius 2 is 2.00 bits per heavy atom. The smallest absolute Gasteiger partial charge is 0.145 e. The number of rotatable bonds is 8. The fourth-order valence-corrected chi connectivity index (χ4v) is 3.08. The molecular weight excluding hydrogens is 383 g/mol. The maximum atomic E-state index is 13.3. The number of methoxy groups -OCH3 is 2. The molecule has 0 spiro atoms. The summed E-state index contributed by atoms with van der Waals surface area (Å²) >= 11 is 0. The van der Waals surface area contributed by atoms with Crippen molar-refractivity contribution in [1.82, 2.24) is 15.0 Å². The molecule has 0 unspecified atom stereocenters. The van der Waals surface area contributed by atoms with Gasteiger partial charge in [0.05, 0.1) is 31.9 Å². The molecule has 3 aromatic rings. The van der Waals surface area contributed by atoms with E-state index in [9.17, 15) is 4.39 Å². The minimum atomic E-state index is -0.383. The Labute approximate surface area is 175 Å². The minimum absolute atomic E-state index is 0.383. The quantitative estimate of drug-likeness (QED) is 0.411. The SMILES string of the molecule is CC/C=C(/C=C(/C)OC)CNc1ncnc2c(OC)cc(-c3ccc(F)cn3)cc12. The molecule has 2 heterocycles. The summed E-state index contributed by atoms with van der Waals surface area (Å²) in [4.78, 5) is 13.0. The van der Waals surface area contributed by atoms with Crippen molar-refractivity contribution in [2.75, 3.05) is 26.1 Å². The van der Waals surface area contributed by atoms with E-state index in [0.29, 0.717) is 29.3 Å². The highest BCUT2D eigenvalue weighted by Gasteiger charge is 2.13. The van der Waals surface area contributed by atoms with E-state index in [4.69, 9.17) is 9.47 Å². The molecule has 0 amide bonds. The number of nitrogens with one attached hydrogen (secondary N) is 1. The van der Waals surface area contributed by atoms with E-state index >= 15 is 0 Å². The van der Waals surface area contributed by atoms with Crippen molar-refractivity contribution >= 4 is 16.7 Å². The van der Waals surface area contributed by atoms with Crippen molar-refractivity contribution in [2.24, 2.45) is 0 Å². The lowest BCUT2D eigenvalue weighted by atomic mass is 10.1. The van der Waals surface area contributed by atoms with Gasteiger partial charge in [-0.2, -0.15) is 0 Å². The molecule has 0 aliphatic carbocycles. The highest BCUT2D eigenvalue weighted by Crippen LogP contribution is 2.33. The van der Waals surface area contributed by atoms with Crippen molar-refractivity contribution in [3.63, 3.8) is 0 Å². The lowest BCUT2D eigenvalue weighted by Gasteiger charge is -2.13. The number of anilines is 1. The molecular formula is C23H25FN4O2. The number of hydrogen-bond acceptors (Lipinski definition) is 6. The number of fused-ring (bicyclic) bond motifs is 1. The molecule has 2 aromatic heterocycles. The third-order valence-electron chi connectivity index (χ3n) is 4.58. The summed E-state index contributed by atoms with van der Waals surface area (Å²) in [6, 6.07) is 6.78. The van der Waals surface area contributed by atoms with Crippen LogP contribution < -0.4 is 10.1 Å². The predicted octanol–water partition coefficient (Wildman–Crippen LogP) is 5.14.